The van der Waals surface area contributed by atoms with Crippen LogP contribution in [-0.4, -0.2) is 26.9 Å². The lowest BCUT2D eigenvalue weighted by molar-refractivity contribution is -0.384. The first kappa shape index (κ1) is 20.3. The van der Waals surface area contributed by atoms with Gasteiger partial charge < -0.3 is 9.63 Å². The maximum atomic E-state index is 13.0. The number of hydrogen-bond donors (Lipinski definition) is 1. The van der Waals surface area contributed by atoms with Crippen LogP contribution in [0.1, 0.15) is 22.9 Å². The van der Waals surface area contributed by atoms with Crippen LogP contribution in [0.2, 0.25) is 5.02 Å². The number of Topliss-reactive ketones (excluding diaryl/α,β-unsaturated/α-hetero) is 1. The number of aromatic nitrogens is 1. The van der Waals surface area contributed by atoms with Gasteiger partial charge in [-0.15, -0.1) is 0 Å². The lowest BCUT2D eigenvalue weighted by atomic mass is 9.95. The number of carbonyl (C=O) groups is 2. The van der Waals surface area contributed by atoms with Crippen molar-refractivity contribution < 1.29 is 24.1 Å². The van der Waals surface area contributed by atoms with Gasteiger partial charge >= 0.3 is 5.91 Å². The maximum absolute atomic E-state index is 13.0. The van der Waals surface area contributed by atoms with Crippen LogP contribution in [0.5, 0.6) is 0 Å². The molecule has 0 aliphatic carbocycles. The van der Waals surface area contributed by atoms with E-state index in [1.54, 1.807) is 6.92 Å². The number of amides is 1. The molecule has 0 radical (unpaired) electrons. The molecular weight excluding hydrogens is 426 g/mol. The number of aliphatic hydroxyl groups is 1. The molecule has 0 bridgehead atoms. The first-order valence-electron chi connectivity index (χ1n) is 9.02. The molecule has 3 aromatic rings. The second-order valence-electron chi connectivity index (χ2n) is 6.82. The number of ketones is 1. The van der Waals surface area contributed by atoms with E-state index in [1.807, 2.05) is 0 Å². The molecule has 1 aromatic heterocycles. The van der Waals surface area contributed by atoms with E-state index < -0.39 is 28.4 Å². The summed E-state index contributed by atoms with van der Waals surface area (Å²) in [6, 6.07) is 11.8. The quantitative estimate of drug-likeness (QED) is 0.212. The topological polar surface area (TPSA) is 127 Å². The number of hydrogen-bond acceptors (Lipinski definition) is 7. The third-order valence-electron chi connectivity index (χ3n) is 4.82. The summed E-state index contributed by atoms with van der Waals surface area (Å²) in [4.78, 5) is 37.6. The summed E-state index contributed by atoms with van der Waals surface area (Å²) in [5.74, 6) is -1.89. The minimum Gasteiger partial charge on any atom is -0.507 e. The second-order valence-corrected chi connectivity index (χ2v) is 7.26. The van der Waals surface area contributed by atoms with Crippen molar-refractivity contribution in [1.29, 1.82) is 0 Å². The van der Waals surface area contributed by atoms with Gasteiger partial charge in [0.15, 0.2) is 5.82 Å². The summed E-state index contributed by atoms with van der Waals surface area (Å²) in [6.07, 6.45) is 0. The number of aliphatic hydroxyl groups excluding tert-OH is 1. The van der Waals surface area contributed by atoms with E-state index in [1.165, 1.54) is 54.6 Å². The summed E-state index contributed by atoms with van der Waals surface area (Å²) in [7, 11) is 0. The molecule has 0 saturated carbocycles. The molecule has 156 valence electrons. The number of non-ortho nitro benzene ring substituents is 1. The van der Waals surface area contributed by atoms with E-state index in [9.17, 15) is 24.8 Å². The molecule has 31 heavy (non-hydrogen) atoms. The molecule has 1 saturated heterocycles. The highest BCUT2D eigenvalue weighted by atomic mass is 35.5. The molecule has 1 atom stereocenters. The Hall–Kier alpha value is -3.98. The lowest BCUT2D eigenvalue weighted by Gasteiger charge is -2.22. The summed E-state index contributed by atoms with van der Waals surface area (Å²) < 4.78 is 5.04. The number of nitro groups is 1. The zero-order valence-electron chi connectivity index (χ0n) is 16.0. The number of carbonyl (C=O) groups excluding carboxylic acids is 2. The van der Waals surface area contributed by atoms with Gasteiger partial charge in [-0.1, -0.05) is 28.9 Å². The summed E-state index contributed by atoms with van der Waals surface area (Å²) in [5, 5.41) is 26.5. The molecule has 1 aliphatic rings. The van der Waals surface area contributed by atoms with Crippen LogP contribution in [0.25, 0.3) is 5.76 Å². The molecule has 10 heteroatoms. The summed E-state index contributed by atoms with van der Waals surface area (Å²) in [6.45, 7) is 1.61. The molecule has 1 N–H and O–H groups in total. The van der Waals surface area contributed by atoms with E-state index in [0.717, 1.165) is 4.90 Å². The zero-order chi connectivity index (χ0) is 22.3. The van der Waals surface area contributed by atoms with Crippen molar-refractivity contribution >= 4 is 40.6 Å². The fourth-order valence-corrected chi connectivity index (χ4v) is 3.55. The van der Waals surface area contributed by atoms with Gasteiger partial charge in [0.2, 0.25) is 0 Å². The highest BCUT2D eigenvalue weighted by Crippen LogP contribution is 2.42. The van der Waals surface area contributed by atoms with Crippen LogP contribution in [-0.2, 0) is 9.59 Å². The normalized spacial score (nSPS) is 17.9. The number of anilines is 1. The van der Waals surface area contributed by atoms with Gasteiger partial charge in [0.1, 0.15) is 11.5 Å². The Morgan fingerprint density at radius 1 is 1.19 bits per heavy atom. The third-order valence-corrected chi connectivity index (χ3v) is 5.07. The van der Waals surface area contributed by atoms with Crippen LogP contribution in [0.3, 0.4) is 0 Å². The molecule has 0 spiro atoms. The molecule has 1 amide bonds. The van der Waals surface area contributed by atoms with Crippen molar-refractivity contribution in [3.05, 3.63) is 92.2 Å². The van der Waals surface area contributed by atoms with Crippen molar-refractivity contribution in [2.45, 2.75) is 13.0 Å². The molecule has 1 aliphatic heterocycles. The SMILES string of the molecule is Cc1cc(N2C(=O)C(=O)/C(=C(/O)c3ccc(Cl)cc3)[C@H]2c2cccc([N+](=O)[O-])c2)no1. The van der Waals surface area contributed by atoms with Crippen molar-refractivity contribution in [3.63, 3.8) is 0 Å². The van der Waals surface area contributed by atoms with Gasteiger partial charge in [-0.3, -0.25) is 24.6 Å². The Balaban J connectivity index is 1.96. The number of halogens is 1. The first-order chi connectivity index (χ1) is 14.8. The number of aryl methyl sites for hydroxylation is 1. The van der Waals surface area contributed by atoms with E-state index >= 15 is 0 Å². The average molecular weight is 440 g/mol. The second kappa shape index (κ2) is 7.69. The van der Waals surface area contributed by atoms with Gasteiger partial charge in [0, 0.05) is 28.8 Å². The van der Waals surface area contributed by atoms with Gasteiger partial charge in [-0.25, -0.2) is 0 Å². The van der Waals surface area contributed by atoms with E-state index in [2.05, 4.69) is 5.16 Å². The van der Waals surface area contributed by atoms with E-state index in [0.29, 0.717) is 10.8 Å². The smallest absolute Gasteiger partial charge is 0.301 e. The molecule has 2 heterocycles. The first-order valence-corrected chi connectivity index (χ1v) is 9.40. The van der Waals surface area contributed by atoms with Crippen molar-refractivity contribution in [1.82, 2.24) is 5.16 Å². The lowest BCUT2D eigenvalue weighted by Crippen LogP contribution is -2.29. The predicted octanol–water partition coefficient (Wildman–Crippen LogP) is 4.17. The standard InChI is InChI=1S/C21H14ClN3O6/c1-11-9-16(23-31-11)24-18(13-3-2-4-15(10-13)25(29)30)17(20(27)21(24)28)19(26)12-5-7-14(22)8-6-12/h2-10,18,26H,1H3/b19-17+/t18-/m1/s1. The minimum atomic E-state index is -1.15. The van der Waals surface area contributed by atoms with E-state index in [-0.39, 0.29) is 28.2 Å². The van der Waals surface area contributed by atoms with Gasteiger partial charge in [-0.2, -0.15) is 0 Å². The van der Waals surface area contributed by atoms with Crippen molar-refractivity contribution in [2.24, 2.45) is 0 Å². The summed E-state index contributed by atoms with van der Waals surface area (Å²) in [5.41, 5.74) is 0.0538. The zero-order valence-corrected chi connectivity index (χ0v) is 16.7. The summed E-state index contributed by atoms with van der Waals surface area (Å²) >= 11 is 5.90. The Labute approximate surface area is 180 Å². The average Bonchev–Trinajstić information content (AvgIpc) is 3.29. The van der Waals surface area contributed by atoms with Gasteiger partial charge in [0.05, 0.1) is 16.5 Å². The number of rotatable bonds is 4. The monoisotopic (exact) mass is 439 g/mol. The van der Waals surface area contributed by atoms with Crippen LogP contribution in [0.15, 0.2) is 64.7 Å². The van der Waals surface area contributed by atoms with E-state index in [4.69, 9.17) is 16.1 Å². The Morgan fingerprint density at radius 3 is 2.52 bits per heavy atom. The molecule has 9 nitrogen and oxygen atoms in total. The predicted molar refractivity (Wildman–Crippen MR) is 111 cm³/mol. The highest BCUT2D eigenvalue weighted by molar-refractivity contribution is 6.51. The van der Waals surface area contributed by atoms with Gasteiger partial charge in [0.25, 0.3) is 11.5 Å². The molecular formula is C21H14ClN3O6. The Kier molecular flexibility index (Phi) is 5.04. The number of benzene rings is 2. The number of nitro benzene ring substituents is 1. The molecule has 1 fully saturated rings. The van der Waals surface area contributed by atoms with Gasteiger partial charge in [-0.05, 0) is 36.8 Å². The van der Waals surface area contributed by atoms with Crippen LogP contribution >= 0.6 is 11.6 Å². The Bertz CT molecular complexity index is 1250. The van der Waals surface area contributed by atoms with Crippen LogP contribution < -0.4 is 4.90 Å². The van der Waals surface area contributed by atoms with Crippen molar-refractivity contribution in [2.75, 3.05) is 4.90 Å². The van der Waals surface area contributed by atoms with Crippen LogP contribution in [0.4, 0.5) is 11.5 Å². The fourth-order valence-electron chi connectivity index (χ4n) is 3.42. The molecule has 4 rings (SSSR count). The largest absolute Gasteiger partial charge is 0.507 e. The molecule has 0 unspecified atom stereocenters. The van der Waals surface area contributed by atoms with Crippen LogP contribution in [0, 0.1) is 17.0 Å². The Morgan fingerprint density at radius 2 is 1.90 bits per heavy atom. The third kappa shape index (κ3) is 3.55. The highest BCUT2D eigenvalue weighted by Gasteiger charge is 2.48. The minimum absolute atomic E-state index is 0.0475. The molecule has 2 aromatic carbocycles. The maximum Gasteiger partial charge on any atom is 0.301 e. The van der Waals surface area contributed by atoms with Crippen molar-refractivity contribution in [3.8, 4) is 0 Å². The fraction of sp³-hybridized carbons (Fsp3) is 0.0952. The number of nitrogens with zero attached hydrogens (tertiary/aromatic N) is 3.